The van der Waals surface area contributed by atoms with Gasteiger partial charge in [-0.1, -0.05) is 12.1 Å². The van der Waals surface area contributed by atoms with Crippen molar-refractivity contribution in [1.82, 2.24) is 0 Å². The van der Waals surface area contributed by atoms with Crippen LogP contribution in [0.25, 0.3) is 17.4 Å². The molecule has 0 bridgehead atoms. The van der Waals surface area contributed by atoms with Gasteiger partial charge in [-0.2, -0.15) is 5.26 Å². The van der Waals surface area contributed by atoms with E-state index in [9.17, 15) is 19.2 Å². The lowest BCUT2D eigenvalue weighted by Gasteiger charge is -2.12. The number of rotatable bonds is 6. The Labute approximate surface area is 194 Å². The van der Waals surface area contributed by atoms with Crippen LogP contribution in [0, 0.1) is 17.1 Å². The van der Waals surface area contributed by atoms with Crippen molar-refractivity contribution in [3.05, 3.63) is 69.6 Å². The van der Waals surface area contributed by atoms with Gasteiger partial charge in [0, 0.05) is 11.0 Å². The number of amides is 1. The van der Waals surface area contributed by atoms with Crippen molar-refractivity contribution in [2.75, 3.05) is 11.9 Å². The number of ether oxygens (including phenoxy) is 1. The highest BCUT2D eigenvalue weighted by molar-refractivity contribution is 7.17. The van der Waals surface area contributed by atoms with Crippen molar-refractivity contribution in [3.63, 3.8) is 0 Å². The molecule has 0 saturated heterocycles. The quantitative estimate of drug-likeness (QED) is 0.285. The number of anilines is 1. The van der Waals surface area contributed by atoms with Crippen LogP contribution in [-0.4, -0.2) is 18.5 Å². The summed E-state index contributed by atoms with van der Waals surface area (Å²) in [5, 5.41) is 12.7. The summed E-state index contributed by atoms with van der Waals surface area (Å²) in [6, 6.07) is 11.2. The summed E-state index contributed by atoms with van der Waals surface area (Å²) in [6.45, 7) is 1.95. The predicted molar refractivity (Wildman–Crippen MR) is 123 cm³/mol. The Morgan fingerprint density at radius 2 is 2.03 bits per heavy atom. The molecule has 1 N–H and O–H groups in total. The van der Waals surface area contributed by atoms with Gasteiger partial charge in [-0.05, 0) is 62.4 Å². The van der Waals surface area contributed by atoms with Gasteiger partial charge in [-0.15, -0.1) is 11.3 Å². The molecular formula is C25H21FN2O4S. The van der Waals surface area contributed by atoms with Crippen molar-refractivity contribution in [2.24, 2.45) is 0 Å². The average Bonchev–Trinajstić information content (AvgIpc) is 3.42. The van der Waals surface area contributed by atoms with Crippen LogP contribution in [0.4, 0.5) is 9.39 Å². The number of esters is 1. The SMILES string of the molecule is CCOC(=O)c1c(NC(=O)/C(C#N)=C/c2ccc(-c3ccccc3F)o2)sc2c1CCCC2. The van der Waals surface area contributed by atoms with E-state index < -0.39 is 17.7 Å². The molecule has 0 atom stereocenters. The molecule has 8 heteroatoms. The number of carbonyl (C=O) groups is 2. The van der Waals surface area contributed by atoms with Gasteiger partial charge in [0.05, 0.1) is 17.7 Å². The number of carbonyl (C=O) groups excluding carboxylic acids is 2. The molecule has 2 aromatic heterocycles. The number of benzene rings is 1. The highest BCUT2D eigenvalue weighted by Gasteiger charge is 2.28. The third-order valence-electron chi connectivity index (χ3n) is 5.30. The molecule has 3 aromatic rings. The van der Waals surface area contributed by atoms with Crippen LogP contribution in [0.1, 0.15) is 46.3 Å². The van der Waals surface area contributed by atoms with E-state index in [1.807, 2.05) is 6.07 Å². The van der Waals surface area contributed by atoms with E-state index in [2.05, 4.69) is 5.32 Å². The zero-order chi connectivity index (χ0) is 23.4. The van der Waals surface area contributed by atoms with Gasteiger partial charge in [0.25, 0.3) is 5.91 Å². The zero-order valence-electron chi connectivity index (χ0n) is 17.9. The molecular weight excluding hydrogens is 443 g/mol. The minimum Gasteiger partial charge on any atom is -0.462 e. The molecule has 1 amide bonds. The van der Waals surface area contributed by atoms with Crippen LogP contribution in [-0.2, 0) is 22.4 Å². The first-order valence-electron chi connectivity index (χ1n) is 10.6. The maximum Gasteiger partial charge on any atom is 0.341 e. The van der Waals surface area contributed by atoms with E-state index in [4.69, 9.17) is 9.15 Å². The normalized spacial score (nSPS) is 13.2. The van der Waals surface area contributed by atoms with E-state index in [1.54, 1.807) is 37.3 Å². The van der Waals surface area contributed by atoms with E-state index in [1.165, 1.54) is 23.5 Å². The first-order valence-corrected chi connectivity index (χ1v) is 11.4. The standard InChI is InChI=1S/C25H21FN2O4S/c1-2-31-25(30)22-18-8-4-6-10-21(18)33-24(22)28-23(29)15(14-27)13-16-11-12-20(32-16)17-7-3-5-9-19(17)26/h3,5,7,9,11-13H,2,4,6,8,10H2,1H3,(H,28,29)/b15-13+. The molecule has 6 nitrogen and oxygen atoms in total. The number of nitrogens with one attached hydrogen (secondary N) is 1. The number of hydrogen-bond donors (Lipinski definition) is 1. The lowest BCUT2D eigenvalue weighted by atomic mass is 9.95. The molecule has 1 aliphatic rings. The van der Waals surface area contributed by atoms with E-state index in [-0.39, 0.29) is 29.3 Å². The molecule has 1 aromatic carbocycles. The second kappa shape index (κ2) is 9.84. The second-order valence-corrected chi connectivity index (χ2v) is 8.55. The maximum absolute atomic E-state index is 14.0. The average molecular weight is 465 g/mol. The number of nitrogens with zero attached hydrogens (tertiary/aromatic N) is 1. The van der Waals surface area contributed by atoms with E-state index >= 15 is 0 Å². The van der Waals surface area contributed by atoms with Gasteiger partial charge in [0.15, 0.2) is 0 Å². The second-order valence-electron chi connectivity index (χ2n) is 7.44. The molecule has 2 heterocycles. The largest absolute Gasteiger partial charge is 0.462 e. The Balaban J connectivity index is 1.60. The van der Waals surface area contributed by atoms with E-state index in [0.717, 1.165) is 36.1 Å². The van der Waals surface area contributed by atoms with Gasteiger partial charge in [0.2, 0.25) is 0 Å². The number of nitriles is 1. The Hall–Kier alpha value is -3.70. The summed E-state index contributed by atoms with van der Waals surface area (Å²) in [6.07, 6.45) is 4.87. The predicted octanol–water partition coefficient (Wildman–Crippen LogP) is 5.75. The Morgan fingerprint density at radius 1 is 1.24 bits per heavy atom. The molecule has 4 rings (SSSR count). The van der Waals surface area contributed by atoms with Crippen LogP contribution >= 0.6 is 11.3 Å². The molecule has 0 saturated carbocycles. The minimum absolute atomic E-state index is 0.203. The monoisotopic (exact) mass is 464 g/mol. The van der Waals surface area contributed by atoms with Crippen LogP contribution in [0.15, 0.2) is 46.4 Å². The minimum atomic E-state index is -0.662. The fourth-order valence-corrected chi connectivity index (χ4v) is 5.04. The number of furan rings is 1. The highest BCUT2D eigenvalue weighted by Crippen LogP contribution is 2.39. The molecule has 1 aliphatic carbocycles. The van der Waals surface area contributed by atoms with Crippen molar-refractivity contribution in [3.8, 4) is 17.4 Å². The van der Waals surface area contributed by atoms with E-state index in [0.29, 0.717) is 10.6 Å². The fraction of sp³-hybridized carbons (Fsp3) is 0.240. The van der Waals surface area contributed by atoms with Crippen molar-refractivity contribution >= 4 is 34.3 Å². The molecule has 168 valence electrons. The summed E-state index contributed by atoms with van der Waals surface area (Å²) in [4.78, 5) is 26.5. The van der Waals surface area contributed by atoms with Gasteiger partial charge >= 0.3 is 5.97 Å². The summed E-state index contributed by atoms with van der Waals surface area (Å²) in [7, 11) is 0. The van der Waals surface area contributed by atoms with Crippen LogP contribution < -0.4 is 5.32 Å². The lowest BCUT2D eigenvalue weighted by molar-refractivity contribution is -0.112. The van der Waals surface area contributed by atoms with Crippen molar-refractivity contribution in [2.45, 2.75) is 32.6 Å². The Bertz CT molecular complexity index is 1280. The summed E-state index contributed by atoms with van der Waals surface area (Å²) < 4.78 is 24.8. The van der Waals surface area contributed by atoms with Gasteiger partial charge < -0.3 is 14.5 Å². The fourth-order valence-electron chi connectivity index (χ4n) is 3.77. The molecule has 0 aliphatic heterocycles. The van der Waals surface area contributed by atoms with Crippen molar-refractivity contribution in [1.29, 1.82) is 5.26 Å². The molecule has 0 fully saturated rings. The number of fused-ring (bicyclic) bond motifs is 1. The zero-order valence-corrected chi connectivity index (χ0v) is 18.8. The highest BCUT2D eigenvalue weighted by atomic mass is 32.1. The van der Waals surface area contributed by atoms with Crippen LogP contribution in [0.3, 0.4) is 0 Å². The number of hydrogen-bond acceptors (Lipinski definition) is 6. The number of aryl methyl sites for hydroxylation is 1. The van der Waals surface area contributed by atoms with Gasteiger partial charge in [0.1, 0.15) is 34.0 Å². The molecule has 0 unspecified atom stereocenters. The number of halogens is 1. The first-order chi connectivity index (χ1) is 16.0. The molecule has 0 spiro atoms. The van der Waals surface area contributed by atoms with Gasteiger partial charge in [-0.3, -0.25) is 4.79 Å². The van der Waals surface area contributed by atoms with Crippen LogP contribution in [0.2, 0.25) is 0 Å². The summed E-state index contributed by atoms with van der Waals surface area (Å²) in [5.41, 5.74) is 1.37. The Kier molecular flexibility index (Phi) is 6.71. The Morgan fingerprint density at radius 3 is 2.79 bits per heavy atom. The van der Waals surface area contributed by atoms with Crippen molar-refractivity contribution < 1.29 is 23.1 Å². The number of thiophene rings is 1. The molecule has 0 radical (unpaired) electrons. The summed E-state index contributed by atoms with van der Waals surface area (Å²) >= 11 is 1.35. The van der Waals surface area contributed by atoms with Gasteiger partial charge in [-0.25, -0.2) is 9.18 Å². The summed E-state index contributed by atoms with van der Waals surface area (Å²) in [5.74, 6) is -1.06. The third-order valence-corrected chi connectivity index (χ3v) is 6.50. The first kappa shape index (κ1) is 22.5. The topological polar surface area (TPSA) is 92.3 Å². The van der Waals surface area contributed by atoms with Crippen LogP contribution in [0.5, 0.6) is 0 Å². The molecule has 33 heavy (non-hydrogen) atoms. The maximum atomic E-state index is 14.0. The smallest absolute Gasteiger partial charge is 0.341 e. The lowest BCUT2D eigenvalue weighted by Crippen LogP contribution is -2.16. The third kappa shape index (κ3) is 4.73.